The molecule has 44 heavy (non-hydrogen) atoms. The molecule has 0 radical (unpaired) electrons. The van der Waals surface area contributed by atoms with Gasteiger partial charge in [-0.1, -0.05) is 53.6 Å². The van der Waals surface area contributed by atoms with E-state index in [1.807, 2.05) is 6.92 Å². The Morgan fingerprint density at radius 3 is 1.75 bits per heavy atom. The molecule has 0 spiro atoms. The molecule has 226 valence electrons. The number of hydrogen-bond acceptors (Lipinski definition) is 8. The molecule has 0 saturated heterocycles. The van der Waals surface area contributed by atoms with E-state index in [1.165, 1.54) is 37.4 Å². The number of carboxylic acids is 2. The maximum atomic E-state index is 13.1. The van der Waals surface area contributed by atoms with Gasteiger partial charge in [0.15, 0.2) is 5.75 Å². The van der Waals surface area contributed by atoms with Crippen molar-refractivity contribution in [3.8, 4) is 11.5 Å². The zero-order valence-corrected chi connectivity index (χ0v) is 24.5. The predicted octanol–water partition coefficient (Wildman–Crippen LogP) is 5.91. The van der Waals surface area contributed by atoms with Gasteiger partial charge in [-0.05, 0) is 79.9 Å². The zero-order valence-electron chi connectivity index (χ0n) is 24.5. The summed E-state index contributed by atoms with van der Waals surface area (Å²) in [7, 11) is 1.28. The average molecular weight is 599 g/mol. The molecule has 0 aliphatic heterocycles. The molecule has 0 fully saturated rings. The number of carbonyl (C=O) groups is 4. The van der Waals surface area contributed by atoms with Crippen molar-refractivity contribution in [3.05, 3.63) is 129 Å². The topological polar surface area (TPSA) is 146 Å². The van der Waals surface area contributed by atoms with Crippen molar-refractivity contribution in [2.75, 3.05) is 7.11 Å². The molecule has 0 aliphatic carbocycles. The molecule has 0 amide bonds. The van der Waals surface area contributed by atoms with Gasteiger partial charge in [0.2, 0.25) is 0 Å². The molecule has 1 atom stereocenters. The number of ether oxygens (including phenoxy) is 2. The Bertz CT molecular complexity index is 1710. The van der Waals surface area contributed by atoms with Crippen LogP contribution in [0.3, 0.4) is 0 Å². The highest BCUT2D eigenvalue weighted by molar-refractivity contribution is 6.03. The maximum Gasteiger partial charge on any atom is 0.344 e. The van der Waals surface area contributed by atoms with Gasteiger partial charge in [-0.2, -0.15) is 4.89 Å². The standard InChI is InChI=1S/C34H30O10/c1-20-5-15-27(30(35)36)22(17-20)19-42-44-26-13-9-24(10-14-26)34(3,33(40)41-4)23-7-11-25(12-8-23)43-32(39)29-18-21(2)6-16-28(29)31(37)38/h5-18H,19H2,1-4H3,(H,35,36)(H,37,38). The van der Waals surface area contributed by atoms with Crippen LogP contribution in [0, 0.1) is 13.8 Å². The molecule has 0 heterocycles. The fourth-order valence-corrected chi connectivity index (χ4v) is 4.69. The van der Waals surface area contributed by atoms with Crippen LogP contribution >= 0.6 is 0 Å². The van der Waals surface area contributed by atoms with Gasteiger partial charge >= 0.3 is 23.9 Å². The highest BCUT2D eigenvalue weighted by Gasteiger charge is 2.38. The first-order valence-electron chi connectivity index (χ1n) is 13.4. The fraction of sp³-hybridized carbons (Fsp3) is 0.176. The summed E-state index contributed by atoms with van der Waals surface area (Å²) in [4.78, 5) is 59.6. The van der Waals surface area contributed by atoms with Crippen LogP contribution in [-0.4, -0.2) is 41.2 Å². The lowest BCUT2D eigenvalue weighted by Crippen LogP contribution is -2.35. The summed E-state index contributed by atoms with van der Waals surface area (Å²) >= 11 is 0. The molecule has 10 heteroatoms. The van der Waals surface area contributed by atoms with E-state index in [4.69, 9.17) is 19.2 Å². The third kappa shape index (κ3) is 6.77. The first-order chi connectivity index (χ1) is 20.9. The number of rotatable bonds is 11. The maximum absolute atomic E-state index is 13.1. The summed E-state index contributed by atoms with van der Waals surface area (Å²) in [6.45, 7) is 5.17. The van der Waals surface area contributed by atoms with Gasteiger partial charge in [0.1, 0.15) is 17.8 Å². The number of aromatic carboxylic acids is 2. The predicted molar refractivity (Wildman–Crippen MR) is 158 cm³/mol. The summed E-state index contributed by atoms with van der Waals surface area (Å²) in [6, 6.07) is 22.1. The molecule has 0 aliphatic rings. The molecule has 0 saturated carbocycles. The van der Waals surface area contributed by atoms with Gasteiger partial charge in [0, 0.05) is 0 Å². The highest BCUT2D eigenvalue weighted by Crippen LogP contribution is 2.35. The van der Waals surface area contributed by atoms with E-state index in [1.54, 1.807) is 68.4 Å². The Hall–Kier alpha value is -5.48. The van der Waals surface area contributed by atoms with Gasteiger partial charge in [0.25, 0.3) is 0 Å². The Kier molecular flexibility index (Phi) is 9.45. The lowest BCUT2D eigenvalue weighted by Gasteiger charge is -2.28. The van der Waals surface area contributed by atoms with E-state index in [0.29, 0.717) is 28.0 Å². The van der Waals surface area contributed by atoms with Crippen LogP contribution in [0.25, 0.3) is 0 Å². The molecule has 4 aromatic rings. The van der Waals surface area contributed by atoms with Crippen LogP contribution < -0.4 is 9.62 Å². The minimum atomic E-state index is -1.26. The molecule has 0 bridgehead atoms. The number of benzene rings is 4. The van der Waals surface area contributed by atoms with E-state index in [0.717, 1.165) is 5.56 Å². The number of aryl methyl sites for hydroxylation is 2. The molecule has 10 nitrogen and oxygen atoms in total. The number of hydrogen-bond donors (Lipinski definition) is 2. The van der Waals surface area contributed by atoms with Crippen molar-refractivity contribution in [1.82, 2.24) is 0 Å². The van der Waals surface area contributed by atoms with Crippen molar-refractivity contribution in [2.24, 2.45) is 0 Å². The normalized spacial score (nSPS) is 12.1. The number of carboxylic acid groups (broad SMARTS) is 2. The molecular formula is C34H30O10. The van der Waals surface area contributed by atoms with Crippen LogP contribution in [0.5, 0.6) is 11.5 Å². The molecule has 4 aromatic carbocycles. The van der Waals surface area contributed by atoms with E-state index in [-0.39, 0.29) is 29.0 Å². The summed E-state index contributed by atoms with van der Waals surface area (Å²) in [5.41, 5.74) is 1.75. The lowest BCUT2D eigenvalue weighted by atomic mass is 9.76. The second-order valence-corrected chi connectivity index (χ2v) is 10.2. The first-order valence-corrected chi connectivity index (χ1v) is 13.4. The number of carbonyl (C=O) groups excluding carboxylic acids is 2. The summed E-state index contributed by atoms with van der Waals surface area (Å²) in [5, 5.41) is 18.8. The van der Waals surface area contributed by atoms with E-state index < -0.39 is 29.3 Å². The van der Waals surface area contributed by atoms with Crippen molar-refractivity contribution in [2.45, 2.75) is 32.8 Å². The number of esters is 2. The minimum Gasteiger partial charge on any atom is -0.478 e. The quantitative estimate of drug-likeness (QED) is 0.0925. The van der Waals surface area contributed by atoms with Crippen LogP contribution in [0.1, 0.15) is 65.8 Å². The molecule has 0 aromatic heterocycles. The second kappa shape index (κ2) is 13.2. The lowest BCUT2D eigenvalue weighted by molar-refractivity contribution is -0.217. The van der Waals surface area contributed by atoms with Gasteiger partial charge in [-0.15, -0.1) is 0 Å². The molecular weight excluding hydrogens is 568 g/mol. The van der Waals surface area contributed by atoms with Gasteiger partial charge in [0.05, 0.1) is 23.8 Å². The third-order valence-electron chi connectivity index (χ3n) is 7.15. The summed E-state index contributed by atoms with van der Waals surface area (Å²) < 4.78 is 10.6. The van der Waals surface area contributed by atoms with Crippen LogP contribution in [0.4, 0.5) is 0 Å². The zero-order chi connectivity index (χ0) is 32.0. The third-order valence-corrected chi connectivity index (χ3v) is 7.15. The summed E-state index contributed by atoms with van der Waals surface area (Å²) in [5.74, 6) is -3.20. The largest absolute Gasteiger partial charge is 0.478 e. The van der Waals surface area contributed by atoms with E-state index >= 15 is 0 Å². The fourth-order valence-electron chi connectivity index (χ4n) is 4.69. The highest BCUT2D eigenvalue weighted by atomic mass is 17.2. The van der Waals surface area contributed by atoms with E-state index in [9.17, 15) is 29.4 Å². The molecule has 4 rings (SSSR count). The smallest absolute Gasteiger partial charge is 0.344 e. The first kappa shape index (κ1) is 31.5. The van der Waals surface area contributed by atoms with Crippen LogP contribution in [0.15, 0.2) is 84.9 Å². The molecule has 2 N–H and O–H groups in total. The Labute approximate surface area is 253 Å². The Balaban J connectivity index is 1.50. The Morgan fingerprint density at radius 2 is 1.20 bits per heavy atom. The van der Waals surface area contributed by atoms with Crippen LogP contribution in [-0.2, 0) is 26.4 Å². The monoisotopic (exact) mass is 598 g/mol. The number of methoxy groups -OCH3 is 1. The molecule has 1 unspecified atom stereocenters. The van der Waals surface area contributed by atoms with Gasteiger partial charge in [-0.25, -0.2) is 14.4 Å². The average Bonchev–Trinajstić information content (AvgIpc) is 3.00. The Morgan fingerprint density at radius 1 is 0.682 bits per heavy atom. The van der Waals surface area contributed by atoms with Gasteiger partial charge < -0.3 is 24.6 Å². The van der Waals surface area contributed by atoms with Crippen molar-refractivity contribution in [3.63, 3.8) is 0 Å². The van der Waals surface area contributed by atoms with Crippen molar-refractivity contribution >= 4 is 23.9 Å². The SMILES string of the molecule is COC(=O)C(C)(c1ccc(OOCc2cc(C)ccc2C(=O)O)cc1)c1ccc(OC(=O)c2cc(C)ccc2C(=O)O)cc1. The second-order valence-electron chi connectivity index (χ2n) is 10.2. The van der Waals surface area contributed by atoms with Gasteiger partial charge in [-0.3, -0.25) is 4.79 Å². The minimum absolute atomic E-state index is 0.0755. The van der Waals surface area contributed by atoms with Crippen molar-refractivity contribution in [1.29, 1.82) is 0 Å². The summed E-state index contributed by atoms with van der Waals surface area (Å²) in [6.07, 6.45) is 0. The van der Waals surface area contributed by atoms with E-state index in [2.05, 4.69) is 0 Å². The van der Waals surface area contributed by atoms with Crippen molar-refractivity contribution < 1.29 is 48.6 Å². The van der Waals surface area contributed by atoms with Crippen LogP contribution in [0.2, 0.25) is 0 Å².